The Morgan fingerprint density at radius 1 is 1.00 bits per heavy atom. The zero-order chi connectivity index (χ0) is 19.0. The van der Waals surface area contributed by atoms with Gasteiger partial charge in [0.1, 0.15) is 24.3 Å². The summed E-state index contributed by atoms with van der Waals surface area (Å²) in [7, 11) is 0. The molecular formula is C16H26O7S2. The first-order chi connectivity index (χ1) is 11.8. The van der Waals surface area contributed by atoms with Gasteiger partial charge >= 0.3 is 17.9 Å². The quantitative estimate of drug-likeness (QED) is 0.430. The van der Waals surface area contributed by atoms with E-state index in [0.717, 1.165) is 11.5 Å². The highest BCUT2D eigenvalue weighted by molar-refractivity contribution is 8.03. The van der Waals surface area contributed by atoms with Gasteiger partial charge in [-0.25, -0.2) is 0 Å². The topological polar surface area (TPSA) is 88.1 Å². The van der Waals surface area contributed by atoms with Crippen molar-refractivity contribution in [1.29, 1.82) is 0 Å². The summed E-state index contributed by atoms with van der Waals surface area (Å²) >= 11 is 3.23. The molecule has 0 unspecified atom stereocenters. The maximum absolute atomic E-state index is 11.6. The fraction of sp³-hybridized carbons (Fsp3) is 0.812. The molecule has 0 amide bonds. The summed E-state index contributed by atoms with van der Waals surface area (Å²) in [6, 6.07) is 0. The van der Waals surface area contributed by atoms with E-state index in [1.54, 1.807) is 23.5 Å². The van der Waals surface area contributed by atoms with Crippen LogP contribution in [0.3, 0.4) is 0 Å². The predicted octanol–water partition coefficient (Wildman–Crippen LogP) is 2.01. The third-order valence-corrected chi connectivity index (χ3v) is 5.81. The fourth-order valence-electron chi connectivity index (χ4n) is 2.55. The van der Waals surface area contributed by atoms with E-state index in [1.165, 1.54) is 20.8 Å². The van der Waals surface area contributed by atoms with Gasteiger partial charge in [-0.15, -0.1) is 11.8 Å². The molecule has 1 heterocycles. The van der Waals surface area contributed by atoms with Crippen molar-refractivity contribution in [2.45, 2.75) is 63.6 Å². The van der Waals surface area contributed by atoms with E-state index in [-0.39, 0.29) is 17.3 Å². The zero-order valence-corrected chi connectivity index (χ0v) is 16.8. The number of carbonyl (C=O) groups excluding carboxylic acids is 3. The molecule has 0 N–H and O–H groups in total. The van der Waals surface area contributed by atoms with Gasteiger partial charge in [0.05, 0.1) is 5.25 Å². The van der Waals surface area contributed by atoms with Crippen LogP contribution in [-0.4, -0.2) is 65.0 Å². The Hall–Kier alpha value is -0.930. The number of carbonyl (C=O) groups is 3. The number of esters is 3. The minimum atomic E-state index is -0.840. The van der Waals surface area contributed by atoms with E-state index >= 15 is 0 Å². The van der Waals surface area contributed by atoms with Gasteiger partial charge in [0, 0.05) is 20.8 Å². The molecule has 9 heteroatoms. The number of thioether (sulfide) groups is 2. The lowest BCUT2D eigenvalue weighted by Gasteiger charge is -2.27. The lowest BCUT2D eigenvalue weighted by Crippen LogP contribution is -2.45. The molecule has 25 heavy (non-hydrogen) atoms. The van der Waals surface area contributed by atoms with Gasteiger partial charge in [-0.2, -0.15) is 11.8 Å². The van der Waals surface area contributed by atoms with Crippen molar-refractivity contribution >= 4 is 41.4 Å². The van der Waals surface area contributed by atoms with Crippen LogP contribution in [0, 0.1) is 0 Å². The standard InChI is InChI=1S/C16H26O7S2/c1-6-24-15-14(22-11(5)19)13(23-16(15)25-7-2)12(21-10(4)18)8-20-9(3)17/h12-16H,6-8H2,1-5H3/t12-,13+,14-,15+,16-/m1/s1. The Bertz CT molecular complexity index is 471. The predicted molar refractivity (Wildman–Crippen MR) is 96.5 cm³/mol. The summed E-state index contributed by atoms with van der Waals surface area (Å²) in [4.78, 5) is 34.2. The van der Waals surface area contributed by atoms with Crippen molar-refractivity contribution in [1.82, 2.24) is 0 Å². The lowest BCUT2D eigenvalue weighted by molar-refractivity contribution is -0.172. The minimum Gasteiger partial charge on any atom is -0.462 e. The van der Waals surface area contributed by atoms with Gasteiger partial charge in [0.25, 0.3) is 0 Å². The van der Waals surface area contributed by atoms with Crippen LogP contribution in [0.4, 0.5) is 0 Å². The highest BCUT2D eigenvalue weighted by atomic mass is 32.2. The van der Waals surface area contributed by atoms with Crippen molar-refractivity contribution in [3.05, 3.63) is 0 Å². The van der Waals surface area contributed by atoms with Gasteiger partial charge in [-0.1, -0.05) is 13.8 Å². The van der Waals surface area contributed by atoms with Crippen LogP contribution in [0.5, 0.6) is 0 Å². The van der Waals surface area contributed by atoms with Crippen LogP contribution >= 0.6 is 23.5 Å². The number of hydrogen-bond acceptors (Lipinski definition) is 9. The molecule has 1 saturated heterocycles. The molecule has 0 aliphatic carbocycles. The first kappa shape index (κ1) is 22.1. The van der Waals surface area contributed by atoms with E-state index in [1.807, 2.05) is 13.8 Å². The summed E-state index contributed by atoms with van der Waals surface area (Å²) in [6.45, 7) is 7.75. The average Bonchev–Trinajstić information content (AvgIpc) is 2.81. The van der Waals surface area contributed by atoms with E-state index < -0.39 is 36.2 Å². The second-order valence-corrected chi connectivity index (χ2v) is 8.20. The van der Waals surface area contributed by atoms with Crippen LogP contribution in [0.1, 0.15) is 34.6 Å². The third kappa shape index (κ3) is 7.07. The second-order valence-electron chi connectivity index (χ2n) is 5.37. The van der Waals surface area contributed by atoms with Gasteiger partial charge in [0.15, 0.2) is 6.10 Å². The van der Waals surface area contributed by atoms with Gasteiger partial charge < -0.3 is 18.9 Å². The first-order valence-electron chi connectivity index (χ1n) is 8.16. The number of ether oxygens (including phenoxy) is 4. The van der Waals surface area contributed by atoms with Crippen LogP contribution in [0.25, 0.3) is 0 Å². The van der Waals surface area contributed by atoms with Gasteiger partial charge in [-0.3, -0.25) is 14.4 Å². The fourth-order valence-corrected chi connectivity index (χ4v) is 4.91. The summed E-state index contributed by atoms with van der Waals surface area (Å²) in [5.41, 5.74) is -0.209. The van der Waals surface area contributed by atoms with Crippen LogP contribution < -0.4 is 0 Å². The van der Waals surface area contributed by atoms with Crippen LogP contribution in [-0.2, 0) is 33.3 Å². The van der Waals surface area contributed by atoms with E-state index in [0.29, 0.717) is 0 Å². The summed E-state index contributed by atoms with van der Waals surface area (Å²) in [5.74, 6) is 0.206. The second kappa shape index (κ2) is 10.9. The van der Waals surface area contributed by atoms with Crippen LogP contribution in [0.2, 0.25) is 0 Å². The molecule has 1 aliphatic rings. The molecule has 0 spiro atoms. The Morgan fingerprint density at radius 2 is 1.64 bits per heavy atom. The Kier molecular flexibility index (Phi) is 9.66. The molecule has 0 saturated carbocycles. The van der Waals surface area contributed by atoms with Gasteiger partial charge in [-0.05, 0) is 11.5 Å². The molecule has 0 bridgehead atoms. The highest BCUT2D eigenvalue weighted by Gasteiger charge is 2.51. The highest BCUT2D eigenvalue weighted by Crippen LogP contribution is 2.40. The zero-order valence-electron chi connectivity index (χ0n) is 15.2. The van der Waals surface area contributed by atoms with Crippen LogP contribution in [0.15, 0.2) is 0 Å². The molecule has 0 aromatic heterocycles. The Morgan fingerprint density at radius 3 is 2.12 bits per heavy atom. The average molecular weight is 395 g/mol. The monoisotopic (exact) mass is 394 g/mol. The Balaban J connectivity index is 3.06. The number of hydrogen-bond donors (Lipinski definition) is 0. The van der Waals surface area contributed by atoms with Crippen molar-refractivity contribution in [2.75, 3.05) is 18.1 Å². The van der Waals surface area contributed by atoms with Crippen molar-refractivity contribution in [2.24, 2.45) is 0 Å². The van der Waals surface area contributed by atoms with E-state index in [2.05, 4.69) is 0 Å². The maximum atomic E-state index is 11.6. The maximum Gasteiger partial charge on any atom is 0.303 e. The normalized spacial score (nSPS) is 26.8. The summed E-state index contributed by atoms with van der Waals surface area (Å²) in [5, 5.41) is -0.0979. The molecule has 1 aliphatic heterocycles. The number of rotatable bonds is 9. The molecule has 144 valence electrons. The van der Waals surface area contributed by atoms with E-state index in [4.69, 9.17) is 18.9 Å². The van der Waals surface area contributed by atoms with Gasteiger partial charge in [0.2, 0.25) is 0 Å². The Labute approximate surface area is 156 Å². The summed E-state index contributed by atoms with van der Waals surface area (Å²) in [6.07, 6.45) is -2.13. The molecule has 1 rings (SSSR count). The molecular weight excluding hydrogens is 368 g/mol. The largest absolute Gasteiger partial charge is 0.462 e. The molecule has 5 atom stereocenters. The first-order valence-corrected chi connectivity index (χ1v) is 10.3. The molecule has 0 aromatic carbocycles. The lowest BCUT2D eigenvalue weighted by atomic mass is 10.1. The molecule has 0 aromatic rings. The minimum absolute atomic E-state index is 0.0979. The molecule has 0 radical (unpaired) electrons. The third-order valence-electron chi connectivity index (χ3n) is 3.33. The molecule has 1 fully saturated rings. The SMILES string of the molecule is CCS[C@H]1[C@H](OC(C)=O)[C@H]([C@@H](COC(C)=O)OC(C)=O)O[C@@H]1SCC. The smallest absolute Gasteiger partial charge is 0.303 e. The molecule has 7 nitrogen and oxygen atoms in total. The van der Waals surface area contributed by atoms with Crippen molar-refractivity contribution in [3.8, 4) is 0 Å². The summed E-state index contributed by atoms with van der Waals surface area (Å²) < 4.78 is 21.9. The van der Waals surface area contributed by atoms with E-state index in [9.17, 15) is 14.4 Å². The van der Waals surface area contributed by atoms with Crippen molar-refractivity contribution in [3.63, 3.8) is 0 Å². The van der Waals surface area contributed by atoms with Crippen molar-refractivity contribution < 1.29 is 33.3 Å².